The second-order valence-corrected chi connectivity index (χ2v) is 2.64. The summed E-state index contributed by atoms with van der Waals surface area (Å²) in [5.41, 5.74) is 0.344. The van der Waals surface area contributed by atoms with E-state index < -0.39 is 0 Å². The zero-order valence-electron chi connectivity index (χ0n) is 6.87. The highest BCUT2D eigenvalue weighted by molar-refractivity contribution is 5.72. The first-order valence-corrected chi connectivity index (χ1v) is 3.84. The van der Waals surface area contributed by atoms with Crippen LogP contribution in [-0.2, 0) is 6.42 Å². The summed E-state index contributed by atoms with van der Waals surface area (Å²) < 4.78 is 0. The molecule has 0 aromatic carbocycles. The minimum atomic E-state index is -0.171. The van der Waals surface area contributed by atoms with E-state index in [9.17, 15) is 4.79 Å². The van der Waals surface area contributed by atoms with Gasteiger partial charge in [-0.25, -0.2) is 4.98 Å². The first-order valence-electron chi connectivity index (χ1n) is 3.84. The van der Waals surface area contributed by atoms with E-state index in [2.05, 4.69) is 26.7 Å². The highest BCUT2D eigenvalue weighted by Crippen LogP contribution is 2.00. The second-order valence-electron chi connectivity index (χ2n) is 2.64. The van der Waals surface area contributed by atoms with Crippen molar-refractivity contribution in [2.45, 2.75) is 6.42 Å². The maximum absolute atomic E-state index is 11.3. The number of hydrogen-bond donors (Lipinski definition) is 2. The van der Waals surface area contributed by atoms with Gasteiger partial charge in [-0.3, -0.25) is 9.89 Å². The third-order valence-corrected chi connectivity index (χ3v) is 1.71. The van der Waals surface area contributed by atoms with Crippen LogP contribution in [0.25, 0.3) is 11.0 Å². The summed E-state index contributed by atoms with van der Waals surface area (Å²) in [6.45, 7) is 3.57. The molecular weight excluding hydrogens is 168 g/mol. The van der Waals surface area contributed by atoms with Crippen LogP contribution < -0.4 is 5.56 Å². The second kappa shape index (κ2) is 2.85. The highest BCUT2D eigenvalue weighted by atomic mass is 16.1. The van der Waals surface area contributed by atoms with Crippen LogP contribution in [0.1, 0.15) is 5.82 Å². The number of nitrogens with zero attached hydrogens (tertiary/aromatic N) is 2. The summed E-state index contributed by atoms with van der Waals surface area (Å²) in [7, 11) is 0. The Balaban J connectivity index is 2.69. The van der Waals surface area contributed by atoms with Crippen LogP contribution in [0, 0.1) is 0 Å². The molecule has 0 atom stereocenters. The average Bonchev–Trinajstić information content (AvgIpc) is 2.53. The Morgan fingerprint density at radius 3 is 3.23 bits per heavy atom. The Morgan fingerprint density at radius 1 is 1.62 bits per heavy atom. The Bertz CT molecular complexity index is 496. The summed E-state index contributed by atoms with van der Waals surface area (Å²) in [6.07, 6.45) is 3.68. The molecule has 2 heterocycles. The SMILES string of the molecule is C=CCc1nc2[nH]ncc2c(=O)[nH]1. The average molecular weight is 176 g/mol. The fourth-order valence-electron chi connectivity index (χ4n) is 1.13. The van der Waals surface area contributed by atoms with Gasteiger partial charge >= 0.3 is 0 Å². The normalized spacial score (nSPS) is 10.5. The van der Waals surface area contributed by atoms with Gasteiger partial charge in [-0.05, 0) is 0 Å². The van der Waals surface area contributed by atoms with Gasteiger partial charge in [0.1, 0.15) is 11.2 Å². The number of hydrogen-bond acceptors (Lipinski definition) is 3. The van der Waals surface area contributed by atoms with Crippen LogP contribution in [0.15, 0.2) is 23.6 Å². The van der Waals surface area contributed by atoms with Crippen molar-refractivity contribution in [2.24, 2.45) is 0 Å². The summed E-state index contributed by atoms with van der Waals surface area (Å²) in [4.78, 5) is 18.1. The van der Waals surface area contributed by atoms with Crippen molar-refractivity contribution in [3.63, 3.8) is 0 Å². The molecule has 0 spiro atoms. The molecule has 2 aromatic rings. The molecule has 0 fully saturated rings. The third kappa shape index (κ3) is 1.24. The third-order valence-electron chi connectivity index (χ3n) is 1.71. The van der Waals surface area contributed by atoms with Crippen molar-refractivity contribution >= 4 is 11.0 Å². The minimum absolute atomic E-state index is 0.171. The van der Waals surface area contributed by atoms with E-state index in [0.717, 1.165) is 0 Å². The van der Waals surface area contributed by atoms with Crippen molar-refractivity contribution < 1.29 is 0 Å². The lowest BCUT2D eigenvalue weighted by Crippen LogP contribution is -2.10. The van der Waals surface area contributed by atoms with Crippen LogP contribution >= 0.6 is 0 Å². The van der Waals surface area contributed by atoms with Crippen molar-refractivity contribution in [3.8, 4) is 0 Å². The van der Waals surface area contributed by atoms with Gasteiger partial charge in [0.05, 0.1) is 6.20 Å². The van der Waals surface area contributed by atoms with Crippen LogP contribution in [0.2, 0.25) is 0 Å². The van der Waals surface area contributed by atoms with Gasteiger partial charge in [-0.15, -0.1) is 6.58 Å². The summed E-state index contributed by atoms with van der Waals surface area (Å²) in [5.74, 6) is 0.594. The summed E-state index contributed by atoms with van der Waals surface area (Å²) in [5, 5.41) is 6.85. The van der Waals surface area contributed by atoms with Crippen LogP contribution in [0.5, 0.6) is 0 Å². The topological polar surface area (TPSA) is 74.4 Å². The molecule has 5 heteroatoms. The van der Waals surface area contributed by atoms with E-state index in [4.69, 9.17) is 0 Å². The van der Waals surface area contributed by atoms with Gasteiger partial charge in [0.15, 0.2) is 5.65 Å². The van der Waals surface area contributed by atoms with E-state index in [1.807, 2.05) is 0 Å². The lowest BCUT2D eigenvalue weighted by atomic mass is 10.3. The van der Waals surface area contributed by atoms with E-state index in [-0.39, 0.29) is 5.56 Å². The summed E-state index contributed by atoms with van der Waals surface area (Å²) >= 11 is 0. The molecule has 0 aliphatic rings. The van der Waals surface area contributed by atoms with E-state index >= 15 is 0 Å². The van der Waals surface area contributed by atoms with Crippen molar-refractivity contribution in [1.29, 1.82) is 0 Å². The number of fused-ring (bicyclic) bond motifs is 1. The van der Waals surface area contributed by atoms with Crippen LogP contribution in [0.4, 0.5) is 0 Å². The maximum Gasteiger partial charge on any atom is 0.262 e. The van der Waals surface area contributed by atoms with Gasteiger partial charge in [-0.2, -0.15) is 5.10 Å². The predicted octanol–water partition coefficient (Wildman–Crippen LogP) is 0.375. The quantitative estimate of drug-likeness (QED) is 0.649. The molecule has 2 aromatic heterocycles. The molecule has 0 saturated heterocycles. The van der Waals surface area contributed by atoms with Crippen molar-refractivity contribution in [3.05, 3.63) is 35.0 Å². The Morgan fingerprint density at radius 2 is 2.46 bits per heavy atom. The molecule has 5 nitrogen and oxygen atoms in total. The molecular formula is C8H8N4O. The van der Waals surface area contributed by atoms with E-state index in [1.165, 1.54) is 6.20 Å². The predicted molar refractivity (Wildman–Crippen MR) is 48.4 cm³/mol. The number of aromatic nitrogens is 4. The van der Waals surface area contributed by atoms with Crippen LogP contribution in [0.3, 0.4) is 0 Å². The van der Waals surface area contributed by atoms with Crippen LogP contribution in [-0.4, -0.2) is 20.2 Å². The Kier molecular flexibility index (Phi) is 1.70. The van der Waals surface area contributed by atoms with Gasteiger partial charge in [0.25, 0.3) is 5.56 Å². The molecule has 2 N–H and O–H groups in total. The lowest BCUT2D eigenvalue weighted by Gasteiger charge is -1.94. The molecule has 0 amide bonds. The fourth-order valence-corrected chi connectivity index (χ4v) is 1.13. The van der Waals surface area contributed by atoms with Crippen molar-refractivity contribution in [1.82, 2.24) is 20.2 Å². The Labute approximate surface area is 73.5 Å². The smallest absolute Gasteiger partial charge is 0.262 e. The number of H-pyrrole nitrogens is 2. The largest absolute Gasteiger partial charge is 0.310 e. The molecule has 0 saturated carbocycles. The fraction of sp³-hybridized carbons (Fsp3) is 0.125. The van der Waals surface area contributed by atoms with Gasteiger partial charge in [-0.1, -0.05) is 6.08 Å². The Hall–Kier alpha value is -1.91. The first-order chi connectivity index (χ1) is 6.31. The number of aromatic amines is 2. The molecule has 0 unspecified atom stereocenters. The molecule has 0 aliphatic heterocycles. The standard InChI is InChI=1S/C8H8N4O/c1-2-3-6-10-7-5(4-9-12-7)8(13)11-6/h2,4H,1,3H2,(H2,9,10,11,12,13). The number of nitrogens with one attached hydrogen (secondary N) is 2. The first kappa shape index (κ1) is 7.72. The molecule has 2 rings (SSSR count). The number of rotatable bonds is 2. The van der Waals surface area contributed by atoms with Gasteiger partial charge in [0, 0.05) is 6.42 Å². The van der Waals surface area contributed by atoms with Gasteiger partial charge in [0.2, 0.25) is 0 Å². The lowest BCUT2D eigenvalue weighted by molar-refractivity contribution is 0.981. The van der Waals surface area contributed by atoms with Crippen molar-refractivity contribution in [2.75, 3.05) is 0 Å². The molecule has 13 heavy (non-hydrogen) atoms. The zero-order valence-corrected chi connectivity index (χ0v) is 6.87. The molecule has 66 valence electrons. The monoisotopic (exact) mass is 176 g/mol. The molecule has 0 bridgehead atoms. The van der Waals surface area contributed by atoms with E-state index in [0.29, 0.717) is 23.3 Å². The van der Waals surface area contributed by atoms with Gasteiger partial charge < -0.3 is 4.98 Å². The van der Waals surface area contributed by atoms with E-state index in [1.54, 1.807) is 6.08 Å². The number of allylic oxidation sites excluding steroid dienone is 1. The minimum Gasteiger partial charge on any atom is -0.310 e. The molecule has 0 aliphatic carbocycles. The highest BCUT2D eigenvalue weighted by Gasteiger charge is 2.03. The molecule has 0 radical (unpaired) electrons. The summed E-state index contributed by atoms with van der Waals surface area (Å²) in [6, 6.07) is 0. The maximum atomic E-state index is 11.3. The zero-order chi connectivity index (χ0) is 9.26.